The van der Waals surface area contributed by atoms with Gasteiger partial charge in [-0.2, -0.15) is 0 Å². The van der Waals surface area contributed by atoms with Gasteiger partial charge in [0.25, 0.3) is 0 Å². The Balaban J connectivity index is 1.07. The highest BCUT2D eigenvalue weighted by Crippen LogP contribution is 2.36. The maximum atomic E-state index is 11.2. The highest BCUT2D eigenvalue weighted by molar-refractivity contribution is 5.90. The molecule has 20 nitrogen and oxygen atoms in total. The molecule has 0 spiro atoms. The molecule has 1 aliphatic carbocycles. The zero-order valence-electron chi connectivity index (χ0n) is 35.0. The van der Waals surface area contributed by atoms with E-state index in [9.17, 15) is 66.4 Å². The van der Waals surface area contributed by atoms with E-state index >= 15 is 0 Å². The van der Waals surface area contributed by atoms with Gasteiger partial charge < -0.3 is 100 Å². The van der Waals surface area contributed by atoms with E-state index in [2.05, 4.69) is 5.32 Å². The number of phenolic OH excluding ortho intramolecular Hbond substituents is 1. The number of hydrogen-bond acceptors (Lipinski definition) is 20. The highest BCUT2D eigenvalue weighted by Gasteiger charge is 2.54. The summed E-state index contributed by atoms with van der Waals surface area (Å²) in [6.07, 6.45) is -24.9. The van der Waals surface area contributed by atoms with E-state index in [1.807, 2.05) is 38.1 Å². The molecule has 3 saturated heterocycles. The van der Waals surface area contributed by atoms with Crippen LogP contribution in [0, 0.1) is 0 Å². The Morgan fingerprint density at radius 2 is 1.06 bits per heavy atom. The first-order valence-electron chi connectivity index (χ1n) is 21.0. The van der Waals surface area contributed by atoms with Gasteiger partial charge in [0, 0.05) is 0 Å². The Kier molecular flexibility index (Phi) is 16.7. The molecule has 0 bridgehead atoms. The lowest BCUT2D eigenvalue weighted by Crippen LogP contribution is -2.68. The molecule has 19 atom stereocenters. The Morgan fingerprint density at radius 3 is 1.57 bits per heavy atom. The average Bonchev–Trinajstić information content (AvgIpc) is 3.28. The van der Waals surface area contributed by atoms with E-state index in [0.29, 0.717) is 6.42 Å². The minimum absolute atomic E-state index is 0.0195. The van der Waals surface area contributed by atoms with Gasteiger partial charge in [0.1, 0.15) is 90.9 Å². The monoisotopic (exact) mass is 895 g/mol. The van der Waals surface area contributed by atoms with Crippen LogP contribution in [0.15, 0.2) is 60.2 Å². The van der Waals surface area contributed by atoms with Crippen LogP contribution in [0.2, 0.25) is 0 Å². The summed E-state index contributed by atoms with van der Waals surface area (Å²) in [5.74, 6) is 0.439. The Labute approximate surface area is 363 Å². The molecule has 3 heterocycles. The predicted octanol–water partition coefficient (Wildman–Crippen LogP) is -3.04. The van der Waals surface area contributed by atoms with Crippen LogP contribution in [0.4, 0.5) is 0 Å². The quantitative estimate of drug-likeness (QED) is 0.0624. The van der Waals surface area contributed by atoms with Crippen molar-refractivity contribution in [3.8, 4) is 11.5 Å². The van der Waals surface area contributed by atoms with Crippen molar-refractivity contribution >= 4 is 11.1 Å². The van der Waals surface area contributed by atoms with Crippen LogP contribution < -0.4 is 10.1 Å². The Bertz CT molecular complexity index is 1830. The van der Waals surface area contributed by atoms with Gasteiger partial charge in [0.2, 0.25) is 6.29 Å². The third-order valence-corrected chi connectivity index (χ3v) is 12.2. The summed E-state index contributed by atoms with van der Waals surface area (Å²) in [7, 11) is 0. The van der Waals surface area contributed by atoms with E-state index in [4.69, 9.17) is 28.4 Å². The molecule has 3 aliphatic heterocycles. The van der Waals surface area contributed by atoms with Crippen LogP contribution in [0.1, 0.15) is 44.7 Å². The molecule has 352 valence electrons. The second-order valence-corrected chi connectivity index (χ2v) is 16.2. The number of benzene rings is 2. The van der Waals surface area contributed by atoms with Crippen LogP contribution in [0.25, 0.3) is 11.1 Å². The number of hydrogen-bond donors (Lipinski definition) is 14. The Hall–Kier alpha value is -3.20. The molecule has 0 amide bonds. The van der Waals surface area contributed by atoms with Gasteiger partial charge in [-0.3, -0.25) is 0 Å². The first-order chi connectivity index (χ1) is 30.1. The van der Waals surface area contributed by atoms with Crippen molar-refractivity contribution in [3.05, 3.63) is 71.3 Å². The van der Waals surface area contributed by atoms with Crippen LogP contribution in [-0.4, -0.2) is 203 Å². The van der Waals surface area contributed by atoms with Gasteiger partial charge in [0.05, 0.1) is 38.0 Å². The number of rotatable bonds is 15. The summed E-state index contributed by atoms with van der Waals surface area (Å²) < 4.78 is 34.9. The van der Waals surface area contributed by atoms with E-state index in [0.717, 1.165) is 28.7 Å². The number of allylic oxidation sites excluding steroid dienone is 2. The van der Waals surface area contributed by atoms with Gasteiger partial charge >= 0.3 is 0 Å². The fourth-order valence-corrected chi connectivity index (χ4v) is 8.61. The second kappa shape index (κ2) is 21.4. The summed E-state index contributed by atoms with van der Waals surface area (Å²) in [6, 6.07) is 11.8. The van der Waals surface area contributed by atoms with Crippen molar-refractivity contribution in [2.24, 2.45) is 0 Å². The zero-order chi connectivity index (χ0) is 45.9. The summed E-state index contributed by atoms with van der Waals surface area (Å²) in [5, 5.41) is 140. The lowest BCUT2D eigenvalue weighted by molar-refractivity contribution is -0.372. The smallest absolute Gasteiger partial charge is 0.229 e. The minimum atomic E-state index is -1.96. The molecule has 4 aliphatic rings. The van der Waals surface area contributed by atoms with Crippen molar-refractivity contribution in [1.82, 2.24) is 5.32 Å². The number of ether oxygens (including phenoxy) is 6. The number of nitrogens with one attached hydrogen (secondary N) is 1. The molecular formula is C43H61NO19. The standard InChI is InChI=1S/C43H61NO19/c1-4-24(19-6-10-22(48)11-7-19)25(5-2)20-8-12-23(13-9-20)59-42-37(56)34(53)40(27(16-46)60-42)63-43-38(57)35(54)39(28(17-47)61-43)62-41-36(55)32(51)29(18(3)58-41)44-26-14-21(15-45)30(49)33(52)31(26)50/h6-14,18,26-57H,4-5,15-17H2,1-3H3. The SMILES string of the molecule is CCC(=C(CC)c1ccc(OC2OC(CO)C(OC3OC(CO)C(OC4OC(C)C(NC5C=C(CO)C(O)C(O)C5O)C(O)C4O)C(O)C3O)C(O)C2O)cc1)c1ccc(O)cc1. The van der Waals surface area contributed by atoms with Crippen molar-refractivity contribution < 1.29 is 94.8 Å². The Morgan fingerprint density at radius 1 is 0.587 bits per heavy atom. The lowest BCUT2D eigenvalue weighted by atomic mass is 9.86. The first-order valence-corrected chi connectivity index (χ1v) is 21.0. The third-order valence-electron chi connectivity index (χ3n) is 12.2. The molecule has 19 unspecified atom stereocenters. The number of phenols is 1. The van der Waals surface area contributed by atoms with Gasteiger partial charge in [-0.05, 0) is 71.9 Å². The highest BCUT2D eigenvalue weighted by atomic mass is 16.8. The van der Waals surface area contributed by atoms with Crippen molar-refractivity contribution in [1.29, 1.82) is 0 Å². The van der Waals surface area contributed by atoms with Gasteiger partial charge in [-0.25, -0.2) is 0 Å². The van der Waals surface area contributed by atoms with E-state index in [1.54, 1.807) is 24.3 Å². The number of aliphatic hydroxyl groups is 12. The first kappa shape index (κ1) is 49.2. The zero-order valence-corrected chi connectivity index (χ0v) is 35.0. The van der Waals surface area contributed by atoms with Crippen LogP contribution >= 0.6 is 0 Å². The fraction of sp³-hybridized carbons (Fsp3) is 0.628. The van der Waals surface area contributed by atoms with Crippen molar-refractivity contribution in [2.75, 3.05) is 19.8 Å². The average molecular weight is 896 g/mol. The van der Waals surface area contributed by atoms with Gasteiger partial charge in [-0.15, -0.1) is 0 Å². The molecule has 0 saturated carbocycles. The van der Waals surface area contributed by atoms with Crippen LogP contribution in [0.5, 0.6) is 11.5 Å². The van der Waals surface area contributed by atoms with E-state index in [-0.39, 0.29) is 17.1 Å². The summed E-state index contributed by atoms with van der Waals surface area (Å²) in [6.45, 7) is 3.33. The third kappa shape index (κ3) is 10.4. The number of aromatic hydroxyl groups is 1. The van der Waals surface area contributed by atoms with Crippen molar-refractivity contribution in [2.45, 2.75) is 150 Å². The largest absolute Gasteiger partial charge is 0.508 e. The van der Waals surface area contributed by atoms with E-state index < -0.39 is 136 Å². The fourth-order valence-electron chi connectivity index (χ4n) is 8.61. The number of aliphatic hydroxyl groups excluding tert-OH is 12. The molecule has 14 N–H and O–H groups in total. The maximum Gasteiger partial charge on any atom is 0.229 e. The molecule has 20 heteroatoms. The molecule has 0 radical (unpaired) electrons. The molecule has 63 heavy (non-hydrogen) atoms. The second-order valence-electron chi connectivity index (χ2n) is 16.2. The van der Waals surface area contributed by atoms with E-state index in [1.165, 1.54) is 13.0 Å². The lowest BCUT2D eigenvalue weighted by Gasteiger charge is -2.48. The topological polar surface area (TPSA) is 330 Å². The summed E-state index contributed by atoms with van der Waals surface area (Å²) in [4.78, 5) is 0. The molecular weight excluding hydrogens is 834 g/mol. The van der Waals surface area contributed by atoms with Crippen LogP contribution in [-0.2, 0) is 23.7 Å². The minimum Gasteiger partial charge on any atom is -0.508 e. The molecule has 2 aromatic carbocycles. The van der Waals surface area contributed by atoms with Gasteiger partial charge in [-0.1, -0.05) is 44.2 Å². The van der Waals surface area contributed by atoms with Crippen LogP contribution in [0.3, 0.4) is 0 Å². The van der Waals surface area contributed by atoms with Crippen molar-refractivity contribution in [3.63, 3.8) is 0 Å². The molecule has 6 rings (SSSR count). The normalized spacial score (nSPS) is 40.2. The molecule has 3 fully saturated rings. The maximum absolute atomic E-state index is 11.2. The summed E-state index contributed by atoms with van der Waals surface area (Å²) >= 11 is 0. The summed E-state index contributed by atoms with van der Waals surface area (Å²) in [5.41, 5.74) is 4.08. The molecule has 2 aromatic rings. The molecule has 0 aromatic heterocycles. The van der Waals surface area contributed by atoms with Gasteiger partial charge in [0.15, 0.2) is 12.6 Å². The predicted molar refractivity (Wildman–Crippen MR) is 218 cm³/mol.